The van der Waals surface area contributed by atoms with Crippen LogP contribution in [0.15, 0.2) is 84.0 Å². The average Bonchev–Trinajstić information content (AvgIpc) is 3.12. The number of rotatable bonds is 5. The second-order valence-corrected chi connectivity index (χ2v) is 7.51. The number of thioether (sulfide) groups is 1. The first-order valence-corrected chi connectivity index (χ1v) is 9.96. The third kappa shape index (κ3) is 3.81. The Morgan fingerprint density at radius 2 is 1.48 bits per heavy atom. The largest absolute Gasteiger partial charge is 0.270 e. The van der Waals surface area contributed by atoms with Crippen LogP contribution in [0.1, 0.15) is 16.7 Å². The van der Waals surface area contributed by atoms with Crippen LogP contribution in [0.25, 0.3) is 17.1 Å². The fraction of sp³-hybridized carbons (Fsp3) is 0.130. The third-order valence-electron chi connectivity index (χ3n) is 4.52. The van der Waals surface area contributed by atoms with Crippen molar-refractivity contribution in [2.75, 3.05) is 0 Å². The molecule has 0 aliphatic rings. The molecular weight excluding hydrogens is 350 g/mol. The van der Waals surface area contributed by atoms with E-state index in [-0.39, 0.29) is 0 Å². The monoisotopic (exact) mass is 371 g/mol. The molecule has 0 atom stereocenters. The average molecular weight is 372 g/mol. The maximum Gasteiger partial charge on any atom is 0.196 e. The minimum Gasteiger partial charge on any atom is -0.270 e. The first-order chi connectivity index (χ1) is 13.2. The number of aryl methyl sites for hydroxylation is 2. The van der Waals surface area contributed by atoms with Gasteiger partial charge in [-0.3, -0.25) is 4.57 Å². The van der Waals surface area contributed by atoms with E-state index >= 15 is 0 Å². The van der Waals surface area contributed by atoms with Gasteiger partial charge in [0.2, 0.25) is 0 Å². The summed E-state index contributed by atoms with van der Waals surface area (Å²) in [5, 5.41) is 9.96. The Morgan fingerprint density at radius 3 is 2.22 bits per heavy atom. The van der Waals surface area contributed by atoms with Crippen molar-refractivity contribution < 1.29 is 0 Å². The molecule has 0 radical (unpaired) electrons. The molecule has 1 aromatic heterocycles. The van der Waals surface area contributed by atoms with Gasteiger partial charge in [-0.15, -0.1) is 10.2 Å². The van der Waals surface area contributed by atoms with Crippen LogP contribution in [-0.2, 0) is 5.75 Å². The van der Waals surface area contributed by atoms with Gasteiger partial charge in [0.25, 0.3) is 0 Å². The van der Waals surface area contributed by atoms with Gasteiger partial charge < -0.3 is 0 Å². The summed E-state index contributed by atoms with van der Waals surface area (Å²) in [5.41, 5.74) is 5.93. The zero-order valence-corrected chi connectivity index (χ0v) is 16.3. The van der Waals surface area contributed by atoms with Gasteiger partial charge in [-0.2, -0.15) is 0 Å². The Balaban J connectivity index is 1.73. The van der Waals surface area contributed by atoms with Crippen LogP contribution in [0.5, 0.6) is 0 Å². The summed E-state index contributed by atoms with van der Waals surface area (Å²) in [6.45, 7) is 4.22. The van der Waals surface area contributed by atoms with Gasteiger partial charge >= 0.3 is 0 Å². The number of hydrogen-bond acceptors (Lipinski definition) is 3. The fourth-order valence-corrected chi connectivity index (χ4v) is 3.91. The van der Waals surface area contributed by atoms with Crippen molar-refractivity contribution in [1.82, 2.24) is 14.8 Å². The van der Waals surface area contributed by atoms with E-state index in [1.54, 1.807) is 11.8 Å². The van der Waals surface area contributed by atoms with Gasteiger partial charge in [-0.05, 0) is 37.1 Å². The van der Waals surface area contributed by atoms with Gasteiger partial charge in [-0.1, -0.05) is 84.1 Å². The molecule has 0 amide bonds. The molecule has 27 heavy (non-hydrogen) atoms. The summed E-state index contributed by atoms with van der Waals surface area (Å²) < 4.78 is 2.15. The van der Waals surface area contributed by atoms with Crippen molar-refractivity contribution in [3.05, 3.63) is 95.6 Å². The van der Waals surface area contributed by atoms with Crippen LogP contribution in [0.4, 0.5) is 0 Å². The molecule has 0 bridgehead atoms. The molecule has 0 aliphatic carbocycles. The van der Waals surface area contributed by atoms with E-state index in [1.165, 1.54) is 16.7 Å². The Bertz CT molecular complexity index is 1040. The lowest BCUT2D eigenvalue weighted by molar-refractivity contribution is 0.886. The zero-order chi connectivity index (χ0) is 18.6. The van der Waals surface area contributed by atoms with E-state index in [0.29, 0.717) is 0 Å². The summed E-state index contributed by atoms with van der Waals surface area (Å²) in [4.78, 5) is 0. The summed E-state index contributed by atoms with van der Waals surface area (Å²) in [5.74, 6) is 1.74. The Hall–Kier alpha value is -2.85. The lowest BCUT2D eigenvalue weighted by Gasteiger charge is -2.11. The van der Waals surface area contributed by atoms with E-state index in [0.717, 1.165) is 28.0 Å². The topological polar surface area (TPSA) is 30.7 Å². The molecule has 0 unspecified atom stereocenters. The summed E-state index contributed by atoms with van der Waals surface area (Å²) in [6.07, 6.45) is 0. The molecule has 0 N–H and O–H groups in total. The Kier molecular flexibility index (Phi) is 5.07. The minimum atomic E-state index is 0.860. The number of aromatic nitrogens is 3. The maximum atomic E-state index is 4.54. The molecule has 4 heteroatoms. The van der Waals surface area contributed by atoms with Crippen LogP contribution in [-0.4, -0.2) is 14.8 Å². The summed E-state index contributed by atoms with van der Waals surface area (Å²) in [6, 6.07) is 27.3. The quantitative estimate of drug-likeness (QED) is 0.413. The van der Waals surface area contributed by atoms with Gasteiger partial charge in [-0.25, -0.2) is 0 Å². The predicted octanol–water partition coefficient (Wildman–Crippen LogP) is 5.84. The molecule has 3 nitrogen and oxygen atoms in total. The SMILES string of the molecule is Cc1ccc(CSc2nnc(-c3ccccc3C)n2-c2ccccc2)cc1. The molecule has 0 saturated carbocycles. The molecule has 4 rings (SSSR count). The Labute approximate surface area is 164 Å². The van der Waals surface area contributed by atoms with Gasteiger partial charge in [0, 0.05) is 17.0 Å². The predicted molar refractivity (Wildman–Crippen MR) is 112 cm³/mol. The smallest absolute Gasteiger partial charge is 0.196 e. The summed E-state index contributed by atoms with van der Waals surface area (Å²) in [7, 11) is 0. The van der Waals surface area contributed by atoms with Gasteiger partial charge in [0.15, 0.2) is 11.0 Å². The molecule has 1 heterocycles. The molecule has 0 saturated heterocycles. The van der Waals surface area contributed by atoms with E-state index < -0.39 is 0 Å². The van der Waals surface area contributed by atoms with Crippen molar-refractivity contribution in [2.24, 2.45) is 0 Å². The van der Waals surface area contributed by atoms with Crippen molar-refractivity contribution in [3.63, 3.8) is 0 Å². The van der Waals surface area contributed by atoms with Crippen molar-refractivity contribution >= 4 is 11.8 Å². The van der Waals surface area contributed by atoms with Gasteiger partial charge in [0.05, 0.1) is 0 Å². The van der Waals surface area contributed by atoms with Crippen LogP contribution in [0.3, 0.4) is 0 Å². The van der Waals surface area contributed by atoms with E-state index in [1.807, 2.05) is 24.3 Å². The number of hydrogen-bond donors (Lipinski definition) is 0. The zero-order valence-electron chi connectivity index (χ0n) is 15.5. The molecule has 0 spiro atoms. The standard InChI is InChI=1S/C23H21N3S/c1-17-12-14-19(15-13-17)16-27-23-25-24-22(21-11-7-6-8-18(21)2)26(23)20-9-4-3-5-10-20/h3-15H,16H2,1-2H3. The Morgan fingerprint density at radius 1 is 0.778 bits per heavy atom. The summed E-state index contributed by atoms with van der Waals surface area (Å²) >= 11 is 1.71. The normalized spacial score (nSPS) is 10.9. The molecule has 0 aliphatic heterocycles. The van der Waals surface area contributed by atoms with Crippen LogP contribution in [0, 0.1) is 13.8 Å². The molecule has 0 fully saturated rings. The third-order valence-corrected chi connectivity index (χ3v) is 5.52. The van der Waals surface area contributed by atoms with E-state index in [4.69, 9.17) is 0 Å². The lowest BCUT2D eigenvalue weighted by atomic mass is 10.1. The highest BCUT2D eigenvalue weighted by atomic mass is 32.2. The van der Waals surface area contributed by atoms with Crippen LogP contribution in [0.2, 0.25) is 0 Å². The minimum absolute atomic E-state index is 0.860. The molecule has 3 aromatic carbocycles. The van der Waals surface area contributed by atoms with Crippen LogP contribution >= 0.6 is 11.8 Å². The second-order valence-electron chi connectivity index (χ2n) is 6.57. The van der Waals surface area contributed by atoms with Crippen molar-refractivity contribution in [3.8, 4) is 17.1 Å². The van der Waals surface area contributed by atoms with E-state index in [9.17, 15) is 0 Å². The number of benzene rings is 3. The number of nitrogens with zero attached hydrogens (tertiary/aromatic N) is 3. The molecule has 134 valence electrons. The first-order valence-electron chi connectivity index (χ1n) is 8.97. The molecule has 4 aromatic rings. The highest BCUT2D eigenvalue weighted by Gasteiger charge is 2.17. The first kappa shape index (κ1) is 17.6. The lowest BCUT2D eigenvalue weighted by Crippen LogP contribution is -2.00. The maximum absolute atomic E-state index is 4.54. The number of para-hydroxylation sites is 1. The van der Waals surface area contributed by atoms with E-state index in [2.05, 4.69) is 83.2 Å². The second kappa shape index (κ2) is 7.80. The highest BCUT2D eigenvalue weighted by molar-refractivity contribution is 7.98. The fourth-order valence-electron chi connectivity index (χ4n) is 3.00. The van der Waals surface area contributed by atoms with Crippen molar-refractivity contribution in [2.45, 2.75) is 24.8 Å². The van der Waals surface area contributed by atoms with Crippen molar-refractivity contribution in [1.29, 1.82) is 0 Å². The van der Waals surface area contributed by atoms with Crippen LogP contribution < -0.4 is 0 Å². The van der Waals surface area contributed by atoms with Gasteiger partial charge in [0.1, 0.15) is 0 Å². The highest BCUT2D eigenvalue weighted by Crippen LogP contribution is 2.31. The molecular formula is C23H21N3S.